The Morgan fingerprint density at radius 2 is 2.08 bits per heavy atom. The lowest BCUT2D eigenvalue weighted by molar-refractivity contribution is -0.0831. The summed E-state index contributed by atoms with van der Waals surface area (Å²) < 4.78 is 22.4. The molecule has 3 atom stereocenters. The molecule has 7 nitrogen and oxygen atoms in total. The maximum absolute atomic E-state index is 6.27. The van der Waals surface area contributed by atoms with E-state index in [-0.39, 0.29) is 12.2 Å². The number of fused-ring (bicyclic) bond motifs is 2. The molecule has 0 saturated carbocycles. The first-order valence-corrected chi connectivity index (χ1v) is 8.84. The van der Waals surface area contributed by atoms with E-state index in [0.717, 1.165) is 43.9 Å². The van der Waals surface area contributed by atoms with Gasteiger partial charge in [-0.05, 0) is 43.9 Å². The SMILES string of the molecule is Cc1noc([C@H]2CC[C@@H]3[C@@H](CCN3Cc3ccc4c(c3)OCO4)O2)n1. The van der Waals surface area contributed by atoms with Crippen LogP contribution >= 0.6 is 0 Å². The molecule has 25 heavy (non-hydrogen) atoms. The largest absolute Gasteiger partial charge is 0.454 e. The molecule has 0 unspecified atom stereocenters. The summed E-state index contributed by atoms with van der Waals surface area (Å²) in [7, 11) is 0. The van der Waals surface area contributed by atoms with E-state index in [1.54, 1.807) is 0 Å². The van der Waals surface area contributed by atoms with Crippen molar-refractivity contribution in [3.63, 3.8) is 0 Å². The third-order valence-electron chi connectivity index (χ3n) is 5.30. The summed E-state index contributed by atoms with van der Waals surface area (Å²) in [6.07, 6.45) is 3.22. The number of aromatic nitrogens is 2. The van der Waals surface area contributed by atoms with Crippen LogP contribution in [0.1, 0.15) is 42.6 Å². The highest BCUT2D eigenvalue weighted by atomic mass is 16.7. The number of nitrogens with zero attached hydrogens (tertiary/aromatic N) is 3. The van der Waals surface area contributed by atoms with Gasteiger partial charge in [0.15, 0.2) is 17.3 Å². The molecule has 2 fully saturated rings. The number of likely N-dealkylation sites (tertiary alicyclic amines) is 1. The van der Waals surface area contributed by atoms with Gasteiger partial charge in [0.2, 0.25) is 6.79 Å². The first kappa shape index (κ1) is 15.2. The Hall–Kier alpha value is -2.12. The van der Waals surface area contributed by atoms with E-state index < -0.39 is 0 Å². The van der Waals surface area contributed by atoms with E-state index in [1.165, 1.54) is 5.56 Å². The Labute approximate surface area is 145 Å². The molecule has 0 radical (unpaired) electrons. The highest BCUT2D eigenvalue weighted by molar-refractivity contribution is 5.44. The predicted octanol–water partition coefficient (Wildman–Crippen LogP) is 2.60. The van der Waals surface area contributed by atoms with Gasteiger partial charge in [-0.25, -0.2) is 0 Å². The summed E-state index contributed by atoms with van der Waals surface area (Å²) in [4.78, 5) is 6.84. The van der Waals surface area contributed by atoms with Gasteiger partial charge >= 0.3 is 0 Å². The standard InChI is InChI=1S/C18H21N3O4/c1-11-19-18(25-20-11)16-5-3-13-14(24-16)6-7-21(13)9-12-2-4-15-17(8-12)23-10-22-15/h2,4,8,13-14,16H,3,5-7,9-10H2,1H3/t13-,14-,16-/m1/s1. The lowest BCUT2D eigenvalue weighted by Crippen LogP contribution is -2.40. The average Bonchev–Trinajstić information content (AvgIpc) is 3.34. The number of benzene rings is 1. The fourth-order valence-corrected chi connectivity index (χ4v) is 4.11. The number of hydrogen-bond acceptors (Lipinski definition) is 7. The lowest BCUT2D eigenvalue weighted by Gasteiger charge is -2.34. The van der Waals surface area contributed by atoms with Crippen molar-refractivity contribution >= 4 is 0 Å². The average molecular weight is 343 g/mol. The molecule has 1 aromatic carbocycles. The van der Waals surface area contributed by atoms with Crippen LogP contribution in [0, 0.1) is 6.92 Å². The van der Waals surface area contributed by atoms with Crippen molar-refractivity contribution in [1.29, 1.82) is 0 Å². The van der Waals surface area contributed by atoms with Gasteiger partial charge in [0.05, 0.1) is 6.10 Å². The van der Waals surface area contributed by atoms with Gasteiger partial charge in [-0.2, -0.15) is 4.98 Å². The van der Waals surface area contributed by atoms with E-state index in [0.29, 0.717) is 24.5 Å². The van der Waals surface area contributed by atoms with Crippen molar-refractivity contribution < 1.29 is 18.7 Å². The zero-order valence-corrected chi connectivity index (χ0v) is 14.2. The second-order valence-electron chi connectivity index (χ2n) is 6.93. The molecule has 4 heterocycles. The zero-order valence-electron chi connectivity index (χ0n) is 14.2. The summed E-state index contributed by atoms with van der Waals surface area (Å²) in [5.74, 6) is 2.96. The molecule has 0 aliphatic carbocycles. The van der Waals surface area contributed by atoms with E-state index in [2.05, 4.69) is 27.2 Å². The van der Waals surface area contributed by atoms with Gasteiger partial charge in [-0.1, -0.05) is 11.2 Å². The minimum Gasteiger partial charge on any atom is -0.454 e. The molecule has 2 saturated heterocycles. The molecular weight excluding hydrogens is 322 g/mol. The Morgan fingerprint density at radius 1 is 1.16 bits per heavy atom. The third-order valence-corrected chi connectivity index (χ3v) is 5.30. The van der Waals surface area contributed by atoms with Gasteiger partial charge in [-0.3, -0.25) is 4.90 Å². The van der Waals surface area contributed by atoms with Crippen LogP contribution in [-0.2, 0) is 11.3 Å². The molecule has 3 aliphatic heterocycles. The van der Waals surface area contributed by atoms with E-state index in [1.807, 2.05) is 13.0 Å². The van der Waals surface area contributed by atoms with Crippen LogP contribution in [0.2, 0.25) is 0 Å². The van der Waals surface area contributed by atoms with Crippen LogP contribution < -0.4 is 9.47 Å². The maximum Gasteiger partial charge on any atom is 0.255 e. The number of rotatable bonds is 3. The predicted molar refractivity (Wildman–Crippen MR) is 87.3 cm³/mol. The van der Waals surface area contributed by atoms with E-state index >= 15 is 0 Å². The van der Waals surface area contributed by atoms with Crippen molar-refractivity contribution in [3.05, 3.63) is 35.5 Å². The fraction of sp³-hybridized carbons (Fsp3) is 0.556. The minimum atomic E-state index is -0.0621. The lowest BCUT2D eigenvalue weighted by atomic mass is 9.98. The normalized spacial score (nSPS) is 28.3. The van der Waals surface area contributed by atoms with Crippen molar-refractivity contribution in [3.8, 4) is 11.5 Å². The number of aryl methyl sites for hydroxylation is 1. The molecule has 0 amide bonds. The molecule has 132 valence electrons. The maximum atomic E-state index is 6.27. The molecular formula is C18H21N3O4. The van der Waals surface area contributed by atoms with Crippen molar-refractivity contribution in [2.75, 3.05) is 13.3 Å². The quantitative estimate of drug-likeness (QED) is 0.848. The highest BCUT2D eigenvalue weighted by Gasteiger charge is 2.41. The molecule has 1 aromatic heterocycles. The van der Waals surface area contributed by atoms with Crippen LogP contribution in [0.4, 0.5) is 0 Å². The summed E-state index contributed by atoms with van der Waals surface area (Å²) >= 11 is 0. The van der Waals surface area contributed by atoms with Crippen molar-refractivity contribution in [1.82, 2.24) is 15.0 Å². The topological polar surface area (TPSA) is 69.9 Å². The molecule has 2 aromatic rings. The summed E-state index contributed by atoms with van der Waals surface area (Å²) in [6.45, 7) is 4.10. The van der Waals surface area contributed by atoms with Gasteiger partial charge < -0.3 is 18.7 Å². The minimum absolute atomic E-state index is 0.0621. The third kappa shape index (κ3) is 2.77. The highest BCUT2D eigenvalue weighted by Crippen LogP contribution is 2.39. The van der Waals surface area contributed by atoms with Crippen LogP contribution in [0.25, 0.3) is 0 Å². The fourth-order valence-electron chi connectivity index (χ4n) is 4.11. The van der Waals surface area contributed by atoms with Crippen LogP contribution in [0.15, 0.2) is 22.7 Å². The Bertz CT molecular complexity index is 777. The summed E-state index contributed by atoms with van der Waals surface area (Å²) in [5.41, 5.74) is 1.25. The first-order valence-electron chi connectivity index (χ1n) is 8.84. The Kier molecular flexibility index (Phi) is 3.64. The number of ether oxygens (including phenoxy) is 3. The van der Waals surface area contributed by atoms with Crippen LogP contribution in [0.5, 0.6) is 11.5 Å². The van der Waals surface area contributed by atoms with E-state index in [4.69, 9.17) is 18.7 Å². The molecule has 5 rings (SSSR count). The number of hydrogen-bond donors (Lipinski definition) is 0. The Morgan fingerprint density at radius 3 is 2.96 bits per heavy atom. The van der Waals surface area contributed by atoms with Crippen molar-refractivity contribution in [2.45, 2.75) is 51.0 Å². The first-order chi connectivity index (χ1) is 12.3. The van der Waals surface area contributed by atoms with Gasteiger partial charge in [0, 0.05) is 19.1 Å². The van der Waals surface area contributed by atoms with Gasteiger partial charge in [0.25, 0.3) is 5.89 Å². The second kappa shape index (κ2) is 6.00. The zero-order chi connectivity index (χ0) is 16.8. The summed E-state index contributed by atoms with van der Waals surface area (Å²) in [5, 5.41) is 3.88. The van der Waals surface area contributed by atoms with Crippen LogP contribution in [-0.4, -0.2) is 40.5 Å². The smallest absolute Gasteiger partial charge is 0.255 e. The monoisotopic (exact) mass is 343 g/mol. The van der Waals surface area contributed by atoms with Gasteiger partial charge in [-0.15, -0.1) is 0 Å². The molecule has 3 aliphatic rings. The van der Waals surface area contributed by atoms with E-state index in [9.17, 15) is 0 Å². The summed E-state index contributed by atoms with van der Waals surface area (Å²) in [6, 6.07) is 6.65. The molecule has 0 bridgehead atoms. The molecule has 0 N–H and O–H groups in total. The van der Waals surface area contributed by atoms with Gasteiger partial charge in [0.1, 0.15) is 6.10 Å². The second-order valence-corrected chi connectivity index (χ2v) is 6.93. The Balaban J connectivity index is 1.26. The molecule has 7 heteroatoms. The van der Waals surface area contributed by atoms with Crippen molar-refractivity contribution in [2.24, 2.45) is 0 Å². The van der Waals surface area contributed by atoms with Crippen LogP contribution in [0.3, 0.4) is 0 Å². The molecule has 0 spiro atoms.